The number of hydrogen-bond acceptors (Lipinski definition) is 1. The molecular weight excluding hydrogens is 148 g/mol. The Kier molecular flexibility index (Phi) is 2.08. The molecule has 2 N–H and O–H groups in total. The highest BCUT2D eigenvalue weighted by Gasteiger charge is 2.06. The summed E-state index contributed by atoms with van der Waals surface area (Å²) in [6, 6.07) is 4.38. The third kappa shape index (κ3) is 1.90. The molecule has 1 aromatic carbocycles. The van der Waals surface area contributed by atoms with E-state index in [0.29, 0.717) is 5.69 Å². The van der Waals surface area contributed by atoms with Crippen molar-refractivity contribution in [3.05, 3.63) is 29.3 Å². The maximum atomic E-state index is 12.1. The zero-order chi connectivity index (χ0) is 8.43. The van der Waals surface area contributed by atoms with Crippen molar-refractivity contribution in [1.29, 1.82) is 0 Å². The first-order valence-electron chi connectivity index (χ1n) is 3.25. The Labute approximate surface area is 63.8 Å². The van der Waals surface area contributed by atoms with Crippen molar-refractivity contribution in [1.82, 2.24) is 0 Å². The molecular formula is C8H9F2N. The van der Waals surface area contributed by atoms with Gasteiger partial charge in [0, 0.05) is 11.3 Å². The van der Waals surface area contributed by atoms with Crippen LogP contribution in [0.4, 0.5) is 14.5 Å². The Balaban J connectivity index is 3.08. The van der Waals surface area contributed by atoms with Crippen LogP contribution >= 0.6 is 0 Å². The third-order valence-electron chi connectivity index (χ3n) is 1.37. The third-order valence-corrected chi connectivity index (χ3v) is 1.37. The first kappa shape index (κ1) is 7.98. The predicted octanol–water partition coefficient (Wildman–Crippen LogP) is 2.51. The molecule has 1 aromatic rings. The van der Waals surface area contributed by atoms with Crippen LogP contribution in [-0.2, 0) is 0 Å². The molecule has 0 radical (unpaired) electrons. The molecule has 0 aromatic heterocycles. The molecule has 0 heterocycles. The van der Waals surface area contributed by atoms with E-state index >= 15 is 0 Å². The summed E-state index contributed by atoms with van der Waals surface area (Å²) in [4.78, 5) is 0. The second-order valence-corrected chi connectivity index (χ2v) is 2.48. The highest BCUT2D eigenvalue weighted by Crippen LogP contribution is 2.21. The van der Waals surface area contributed by atoms with E-state index in [1.807, 2.05) is 0 Å². The second kappa shape index (κ2) is 2.86. The Hall–Kier alpha value is -1.12. The minimum atomic E-state index is -2.43. The molecule has 0 spiro atoms. The van der Waals surface area contributed by atoms with E-state index in [1.54, 1.807) is 13.0 Å². The molecule has 0 saturated carbocycles. The topological polar surface area (TPSA) is 26.0 Å². The number of halogens is 2. The van der Waals surface area contributed by atoms with Crippen LogP contribution in [0.5, 0.6) is 0 Å². The molecule has 0 fully saturated rings. The SMILES string of the molecule is Cc1cc(N)cc(C(F)F)c1. The van der Waals surface area contributed by atoms with Crippen LogP contribution in [0.25, 0.3) is 0 Å². The van der Waals surface area contributed by atoms with Gasteiger partial charge in [0.25, 0.3) is 6.43 Å². The Morgan fingerprint density at radius 2 is 1.91 bits per heavy atom. The largest absolute Gasteiger partial charge is 0.399 e. The summed E-state index contributed by atoms with van der Waals surface area (Å²) in [5.41, 5.74) is 6.51. The molecule has 3 heteroatoms. The van der Waals surface area contributed by atoms with Crippen LogP contribution in [0.2, 0.25) is 0 Å². The lowest BCUT2D eigenvalue weighted by Gasteiger charge is -2.02. The van der Waals surface area contributed by atoms with E-state index < -0.39 is 6.43 Å². The van der Waals surface area contributed by atoms with E-state index in [9.17, 15) is 8.78 Å². The molecule has 0 saturated heterocycles. The summed E-state index contributed by atoms with van der Waals surface area (Å²) < 4.78 is 24.1. The van der Waals surface area contributed by atoms with Crippen molar-refractivity contribution < 1.29 is 8.78 Å². The molecule has 0 aliphatic rings. The van der Waals surface area contributed by atoms with Crippen LogP contribution in [0.1, 0.15) is 17.6 Å². The van der Waals surface area contributed by atoms with Crippen LogP contribution in [-0.4, -0.2) is 0 Å². The first-order valence-corrected chi connectivity index (χ1v) is 3.25. The number of alkyl halides is 2. The van der Waals surface area contributed by atoms with Crippen LogP contribution < -0.4 is 5.73 Å². The zero-order valence-electron chi connectivity index (χ0n) is 6.14. The van der Waals surface area contributed by atoms with Gasteiger partial charge in [0.2, 0.25) is 0 Å². The van der Waals surface area contributed by atoms with Gasteiger partial charge in [0.1, 0.15) is 0 Å². The molecule has 60 valence electrons. The van der Waals surface area contributed by atoms with Crippen molar-refractivity contribution in [3.8, 4) is 0 Å². The van der Waals surface area contributed by atoms with Gasteiger partial charge in [-0.1, -0.05) is 6.07 Å². The molecule has 0 bridgehead atoms. The lowest BCUT2D eigenvalue weighted by molar-refractivity contribution is 0.151. The fraction of sp³-hybridized carbons (Fsp3) is 0.250. The van der Waals surface area contributed by atoms with Crippen LogP contribution in [0.15, 0.2) is 18.2 Å². The van der Waals surface area contributed by atoms with Gasteiger partial charge in [-0.05, 0) is 24.6 Å². The van der Waals surface area contributed by atoms with Crippen LogP contribution in [0.3, 0.4) is 0 Å². The van der Waals surface area contributed by atoms with Gasteiger partial charge in [-0.3, -0.25) is 0 Å². The number of rotatable bonds is 1. The quantitative estimate of drug-likeness (QED) is 0.623. The van der Waals surface area contributed by atoms with Crippen molar-refractivity contribution in [2.24, 2.45) is 0 Å². The number of aryl methyl sites for hydroxylation is 1. The Morgan fingerprint density at radius 1 is 1.27 bits per heavy atom. The second-order valence-electron chi connectivity index (χ2n) is 2.48. The Bertz CT molecular complexity index is 238. The number of anilines is 1. The van der Waals surface area contributed by atoms with E-state index in [1.165, 1.54) is 12.1 Å². The predicted molar refractivity (Wildman–Crippen MR) is 40.5 cm³/mol. The molecule has 1 rings (SSSR count). The standard InChI is InChI=1S/C8H9F2N/c1-5-2-6(8(9)10)4-7(11)3-5/h2-4,8H,11H2,1H3. The molecule has 0 unspecified atom stereocenters. The van der Waals surface area contributed by atoms with Gasteiger partial charge in [-0.15, -0.1) is 0 Å². The number of hydrogen-bond donors (Lipinski definition) is 1. The molecule has 0 aliphatic carbocycles. The van der Waals surface area contributed by atoms with Crippen molar-refractivity contribution in [2.75, 3.05) is 5.73 Å². The van der Waals surface area contributed by atoms with Gasteiger partial charge in [0.05, 0.1) is 0 Å². The molecule has 1 nitrogen and oxygen atoms in total. The first-order chi connectivity index (χ1) is 5.09. The molecule has 0 aliphatic heterocycles. The van der Waals surface area contributed by atoms with Gasteiger partial charge in [-0.25, -0.2) is 8.78 Å². The minimum Gasteiger partial charge on any atom is -0.399 e. The number of nitrogens with two attached hydrogens (primary N) is 1. The van der Waals surface area contributed by atoms with Crippen LogP contribution in [0, 0.1) is 6.92 Å². The van der Waals surface area contributed by atoms with E-state index in [2.05, 4.69) is 0 Å². The van der Waals surface area contributed by atoms with E-state index in [4.69, 9.17) is 5.73 Å². The zero-order valence-corrected chi connectivity index (χ0v) is 6.14. The normalized spacial score (nSPS) is 10.5. The lowest BCUT2D eigenvalue weighted by atomic mass is 10.1. The summed E-state index contributed by atoms with van der Waals surface area (Å²) in [5, 5.41) is 0. The average Bonchev–Trinajstić information content (AvgIpc) is 1.85. The number of nitrogen functional groups attached to an aromatic ring is 1. The minimum absolute atomic E-state index is 0.0116. The highest BCUT2D eigenvalue weighted by molar-refractivity contribution is 5.44. The highest BCUT2D eigenvalue weighted by atomic mass is 19.3. The maximum Gasteiger partial charge on any atom is 0.263 e. The van der Waals surface area contributed by atoms with Gasteiger partial charge < -0.3 is 5.73 Å². The summed E-state index contributed by atoms with van der Waals surface area (Å²) in [5.74, 6) is 0. The smallest absolute Gasteiger partial charge is 0.263 e. The maximum absolute atomic E-state index is 12.1. The van der Waals surface area contributed by atoms with Crippen molar-refractivity contribution in [2.45, 2.75) is 13.3 Å². The van der Waals surface area contributed by atoms with E-state index in [-0.39, 0.29) is 5.56 Å². The summed E-state index contributed by atoms with van der Waals surface area (Å²) >= 11 is 0. The number of benzene rings is 1. The molecule has 0 atom stereocenters. The molecule has 11 heavy (non-hydrogen) atoms. The van der Waals surface area contributed by atoms with Gasteiger partial charge >= 0.3 is 0 Å². The van der Waals surface area contributed by atoms with Crippen molar-refractivity contribution >= 4 is 5.69 Å². The van der Waals surface area contributed by atoms with Gasteiger partial charge in [-0.2, -0.15) is 0 Å². The van der Waals surface area contributed by atoms with Crippen molar-refractivity contribution in [3.63, 3.8) is 0 Å². The average molecular weight is 157 g/mol. The monoisotopic (exact) mass is 157 g/mol. The summed E-state index contributed by atoms with van der Waals surface area (Å²) in [7, 11) is 0. The molecule has 0 amide bonds. The van der Waals surface area contributed by atoms with Gasteiger partial charge in [0.15, 0.2) is 0 Å². The van der Waals surface area contributed by atoms with E-state index in [0.717, 1.165) is 5.56 Å². The summed E-state index contributed by atoms with van der Waals surface area (Å²) in [6.07, 6.45) is -2.43. The fourth-order valence-electron chi connectivity index (χ4n) is 0.969. The fourth-order valence-corrected chi connectivity index (χ4v) is 0.969. The lowest BCUT2D eigenvalue weighted by Crippen LogP contribution is -1.90. The Morgan fingerprint density at radius 3 is 2.36 bits per heavy atom. The summed E-state index contributed by atoms with van der Waals surface area (Å²) in [6.45, 7) is 1.74.